The van der Waals surface area contributed by atoms with Crippen LogP contribution in [0.3, 0.4) is 0 Å². The van der Waals surface area contributed by atoms with Crippen LogP contribution in [-0.4, -0.2) is 53.9 Å². The van der Waals surface area contributed by atoms with Gasteiger partial charge in [-0.05, 0) is 43.0 Å². The molecule has 0 spiro atoms. The Morgan fingerprint density at radius 2 is 1.90 bits per heavy atom. The highest BCUT2D eigenvalue weighted by Crippen LogP contribution is 2.26. The summed E-state index contributed by atoms with van der Waals surface area (Å²) in [4.78, 5) is 18.4. The number of carbonyl (C=O) groups excluding carboxylic acids is 1. The van der Waals surface area contributed by atoms with Crippen molar-refractivity contribution in [3.05, 3.63) is 66.1 Å². The first kappa shape index (κ1) is 21.9. The van der Waals surface area contributed by atoms with Crippen LogP contribution < -0.4 is 5.32 Å². The van der Waals surface area contributed by atoms with Gasteiger partial charge in [-0.25, -0.2) is 17.7 Å². The molecule has 0 bridgehead atoms. The zero-order valence-electron chi connectivity index (χ0n) is 17.4. The molecule has 1 fully saturated rings. The Labute approximate surface area is 186 Å². The molecule has 164 valence electrons. The molecule has 0 saturated carbocycles. The van der Waals surface area contributed by atoms with Gasteiger partial charge in [-0.1, -0.05) is 18.2 Å². The summed E-state index contributed by atoms with van der Waals surface area (Å²) < 4.78 is 26.8. The molecule has 9 heteroatoms. The normalized spacial score (nSPS) is 15.9. The molecule has 1 amide bonds. The fraction of sp³-hybridized carbons (Fsp3) is 0.364. The average molecular weight is 459 g/mol. The highest BCUT2D eigenvalue weighted by molar-refractivity contribution is 7.98. The molecule has 31 heavy (non-hydrogen) atoms. The molecule has 7 nitrogen and oxygen atoms in total. The number of thioether (sulfide) groups is 1. The van der Waals surface area contributed by atoms with Crippen molar-refractivity contribution in [2.75, 3.05) is 25.9 Å². The minimum absolute atomic E-state index is 0.0938. The molecule has 1 aliphatic heterocycles. The van der Waals surface area contributed by atoms with E-state index < -0.39 is 10.0 Å². The highest BCUT2D eigenvalue weighted by atomic mass is 32.2. The van der Waals surface area contributed by atoms with E-state index in [4.69, 9.17) is 0 Å². The predicted octanol–water partition coefficient (Wildman–Crippen LogP) is 3.03. The number of piperidine rings is 1. The van der Waals surface area contributed by atoms with Gasteiger partial charge in [0, 0.05) is 42.7 Å². The zero-order valence-corrected chi connectivity index (χ0v) is 19.0. The van der Waals surface area contributed by atoms with E-state index in [1.807, 2.05) is 59.3 Å². The summed E-state index contributed by atoms with van der Waals surface area (Å²) in [5.74, 6) is 0.874. The predicted molar refractivity (Wildman–Crippen MR) is 123 cm³/mol. The van der Waals surface area contributed by atoms with E-state index in [-0.39, 0.29) is 5.91 Å². The minimum Gasteiger partial charge on any atom is -0.352 e. The van der Waals surface area contributed by atoms with Crippen molar-refractivity contribution in [3.8, 4) is 0 Å². The molecule has 1 aliphatic rings. The van der Waals surface area contributed by atoms with Crippen LogP contribution in [0.15, 0.2) is 59.8 Å². The van der Waals surface area contributed by atoms with Gasteiger partial charge in [0.05, 0.1) is 17.5 Å². The van der Waals surface area contributed by atoms with Crippen molar-refractivity contribution < 1.29 is 13.2 Å². The maximum absolute atomic E-state index is 12.8. The lowest BCUT2D eigenvalue weighted by molar-refractivity contribution is 0.0938. The molecule has 1 saturated heterocycles. The van der Waals surface area contributed by atoms with Gasteiger partial charge in [0.25, 0.3) is 5.91 Å². The number of aromatic nitrogens is 2. The largest absolute Gasteiger partial charge is 0.352 e. The molecule has 1 aromatic carbocycles. The summed E-state index contributed by atoms with van der Waals surface area (Å²) in [7, 11) is -3.13. The molecule has 3 heterocycles. The highest BCUT2D eigenvalue weighted by Gasteiger charge is 2.25. The molecular weight excluding hydrogens is 432 g/mol. The van der Waals surface area contributed by atoms with Crippen LogP contribution in [0.5, 0.6) is 0 Å². The molecule has 4 rings (SSSR count). The van der Waals surface area contributed by atoms with E-state index in [2.05, 4.69) is 10.3 Å². The minimum atomic E-state index is -3.13. The molecule has 0 unspecified atom stereocenters. The summed E-state index contributed by atoms with van der Waals surface area (Å²) >= 11 is 1.60. The van der Waals surface area contributed by atoms with Crippen LogP contribution in [0.2, 0.25) is 0 Å². The lowest BCUT2D eigenvalue weighted by Crippen LogP contribution is -2.41. The number of pyridine rings is 1. The number of carbonyl (C=O) groups is 1. The van der Waals surface area contributed by atoms with E-state index in [9.17, 15) is 13.2 Å². The third-order valence-corrected chi connectivity index (χ3v) is 7.93. The molecule has 2 aromatic heterocycles. The van der Waals surface area contributed by atoms with Gasteiger partial charge < -0.3 is 9.72 Å². The van der Waals surface area contributed by atoms with Crippen molar-refractivity contribution >= 4 is 33.3 Å². The Morgan fingerprint density at radius 3 is 2.65 bits per heavy atom. The van der Waals surface area contributed by atoms with E-state index in [1.165, 1.54) is 10.6 Å². The maximum atomic E-state index is 12.8. The van der Waals surface area contributed by atoms with E-state index in [0.29, 0.717) is 36.9 Å². The Morgan fingerprint density at radius 1 is 1.16 bits per heavy atom. The molecule has 0 atom stereocenters. The van der Waals surface area contributed by atoms with Crippen molar-refractivity contribution in [1.29, 1.82) is 0 Å². The fourth-order valence-corrected chi connectivity index (χ4v) is 5.57. The number of fused-ring (bicyclic) bond motifs is 1. The van der Waals surface area contributed by atoms with Crippen LogP contribution in [-0.2, 0) is 15.8 Å². The van der Waals surface area contributed by atoms with Crippen molar-refractivity contribution in [1.82, 2.24) is 19.0 Å². The lowest BCUT2D eigenvalue weighted by atomic mass is 9.98. The second kappa shape index (κ2) is 9.42. The van der Waals surface area contributed by atoms with Gasteiger partial charge in [0.15, 0.2) is 0 Å². The van der Waals surface area contributed by atoms with Crippen molar-refractivity contribution in [3.63, 3.8) is 0 Å². The molecule has 1 N–H and O–H groups in total. The number of rotatable bonds is 7. The van der Waals surface area contributed by atoms with Crippen LogP contribution in [0.25, 0.3) is 5.65 Å². The second-order valence-electron chi connectivity index (χ2n) is 7.80. The van der Waals surface area contributed by atoms with E-state index in [1.54, 1.807) is 11.8 Å². The standard InChI is InChI=1S/C22H26N4O3S2/c1-31(28,29)26-12-9-17(10-13-26)14-23-22(27)19-6-2-3-7-20(19)30-16-18-15-25-11-5-4-8-21(25)24-18/h2-8,11,15,17H,9-10,12-14,16H2,1H3,(H,23,27). The Bertz CT molecular complexity index is 1140. The zero-order chi connectivity index (χ0) is 21.8. The monoisotopic (exact) mass is 458 g/mol. The Balaban J connectivity index is 1.34. The summed E-state index contributed by atoms with van der Waals surface area (Å²) in [6.07, 6.45) is 6.75. The third-order valence-electron chi connectivity index (χ3n) is 5.51. The molecule has 3 aromatic rings. The van der Waals surface area contributed by atoms with Crippen LogP contribution in [0.1, 0.15) is 28.9 Å². The SMILES string of the molecule is CS(=O)(=O)N1CCC(CNC(=O)c2ccccc2SCc2cn3ccccc3n2)CC1. The van der Waals surface area contributed by atoms with Crippen molar-refractivity contribution in [2.24, 2.45) is 5.92 Å². The summed E-state index contributed by atoms with van der Waals surface area (Å²) in [6.45, 7) is 1.59. The first-order valence-corrected chi connectivity index (χ1v) is 13.1. The topological polar surface area (TPSA) is 83.8 Å². The summed E-state index contributed by atoms with van der Waals surface area (Å²) in [5, 5.41) is 3.04. The van der Waals surface area contributed by atoms with Crippen LogP contribution in [0, 0.1) is 5.92 Å². The smallest absolute Gasteiger partial charge is 0.252 e. The maximum Gasteiger partial charge on any atom is 0.252 e. The number of nitrogens with zero attached hydrogens (tertiary/aromatic N) is 3. The van der Waals surface area contributed by atoms with Gasteiger partial charge >= 0.3 is 0 Å². The van der Waals surface area contributed by atoms with Crippen LogP contribution >= 0.6 is 11.8 Å². The first-order valence-electron chi connectivity index (χ1n) is 10.3. The second-order valence-corrected chi connectivity index (χ2v) is 10.8. The number of sulfonamides is 1. The molecule has 0 radical (unpaired) electrons. The lowest BCUT2D eigenvalue weighted by Gasteiger charge is -2.30. The number of hydrogen-bond donors (Lipinski definition) is 1. The summed E-state index contributed by atoms with van der Waals surface area (Å²) in [5.41, 5.74) is 2.53. The van der Waals surface area contributed by atoms with Gasteiger partial charge in [-0.3, -0.25) is 4.79 Å². The molecule has 0 aliphatic carbocycles. The quantitative estimate of drug-likeness (QED) is 0.550. The number of imidazole rings is 1. The fourth-order valence-electron chi connectivity index (χ4n) is 3.77. The Kier molecular flexibility index (Phi) is 6.64. The van der Waals surface area contributed by atoms with Crippen LogP contribution in [0.4, 0.5) is 0 Å². The third kappa shape index (κ3) is 5.47. The van der Waals surface area contributed by atoms with E-state index in [0.717, 1.165) is 29.1 Å². The Hall–Kier alpha value is -2.36. The number of hydrogen-bond acceptors (Lipinski definition) is 5. The number of amides is 1. The van der Waals surface area contributed by atoms with E-state index >= 15 is 0 Å². The number of nitrogens with one attached hydrogen (secondary N) is 1. The summed E-state index contributed by atoms with van der Waals surface area (Å²) in [6, 6.07) is 13.5. The number of benzene rings is 1. The average Bonchev–Trinajstić information content (AvgIpc) is 3.19. The van der Waals surface area contributed by atoms with Gasteiger partial charge in [0.1, 0.15) is 5.65 Å². The first-order chi connectivity index (χ1) is 14.9. The molecular formula is C22H26N4O3S2. The van der Waals surface area contributed by atoms with Crippen molar-refractivity contribution in [2.45, 2.75) is 23.5 Å². The van der Waals surface area contributed by atoms with Gasteiger partial charge in [-0.2, -0.15) is 0 Å². The van der Waals surface area contributed by atoms with Gasteiger partial charge in [0.2, 0.25) is 10.0 Å². The van der Waals surface area contributed by atoms with Gasteiger partial charge in [-0.15, -0.1) is 11.8 Å².